The van der Waals surface area contributed by atoms with Gasteiger partial charge in [0.25, 0.3) is 0 Å². The number of hydrogen-bond donors (Lipinski definition) is 3. The predicted octanol–water partition coefficient (Wildman–Crippen LogP) is 4.27. The fourth-order valence-electron chi connectivity index (χ4n) is 3.83. The number of aryl methyl sites for hydroxylation is 2. The van der Waals surface area contributed by atoms with Crippen molar-refractivity contribution in [1.82, 2.24) is 5.32 Å². The van der Waals surface area contributed by atoms with E-state index in [2.05, 4.69) is 30.4 Å². The zero-order valence-corrected chi connectivity index (χ0v) is 18.2. The molecule has 29 heavy (non-hydrogen) atoms. The molecule has 0 unspecified atom stereocenters. The summed E-state index contributed by atoms with van der Waals surface area (Å²) < 4.78 is 26.6. The molecule has 3 nitrogen and oxygen atoms in total. The van der Waals surface area contributed by atoms with Crippen molar-refractivity contribution in [1.29, 1.82) is 0 Å². The topological polar surface area (TPSA) is 58.3 Å². The molecule has 1 aliphatic carbocycles. The van der Waals surface area contributed by atoms with Crippen molar-refractivity contribution < 1.29 is 13.9 Å². The molecule has 0 amide bonds. The van der Waals surface area contributed by atoms with Gasteiger partial charge in [0.05, 0.1) is 6.10 Å². The third-order valence-corrected chi connectivity index (χ3v) is 5.39. The fraction of sp³-hybridized carbons (Fsp3) is 0.455. The lowest BCUT2D eigenvalue weighted by atomic mass is 9.86. The molecule has 1 aliphatic rings. The number of nitrogens with two attached hydrogens (primary N) is 1. The van der Waals surface area contributed by atoms with E-state index in [4.69, 9.17) is 5.73 Å². The number of fused-ring (bicyclic) bond motifs is 1. The maximum Gasteiger partial charge on any atom is 0.126 e. The Morgan fingerprint density at radius 3 is 2.45 bits per heavy atom. The molecule has 0 aliphatic heterocycles. The van der Waals surface area contributed by atoms with E-state index in [0.717, 1.165) is 31.7 Å². The largest absolute Gasteiger partial charge is 0.390 e. The van der Waals surface area contributed by atoms with Gasteiger partial charge < -0.3 is 16.2 Å². The van der Waals surface area contributed by atoms with Gasteiger partial charge in [-0.3, -0.25) is 0 Å². The maximum absolute atomic E-state index is 13.3. The van der Waals surface area contributed by atoms with E-state index in [9.17, 15) is 13.9 Å². The van der Waals surface area contributed by atoms with E-state index in [1.807, 2.05) is 0 Å². The third-order valence-electron chi connectivity index (χ3n) is 5.39. The highest BCUT2D eigenvalue weighted by molar-refractivity contribution is 5.85. The van der Waals surface area contributed by atoms with Crippen molar-refractivity contribution in [3.63, 3.8) is 0 Å². The number of aliphatic hydroxyl groups is 1. The van der Waals surface area contributed by atoms with Gasteiger partial charge in [0.1, 0.15) is 11.6 Å². The van der Waals surface area contributed by atoms with Crippen LogP contribution in [0.1, 0.15) is 48.1 Å². The molecule has 2 aromatic rings. The molecule has 0 spiro atoms. The van der Waals surface area contributed by atoms with Gasteiger partial charge in [0.15, 0.2) is 0 Å². The van der Waals surface area contributed by atoms with Crippen LogP contribution in [-0.2, 0) is 19.3 Å². The number of aliphatic hydroxyl groups excluding tert-OH is 1. The van der Waals surface area contributed by atoms with E-state index in [0.29, 0.717) is 12.1 Å². The van der Waals surface area contributed by atoms with Gasteiger partial charge in [0, 0.05) is 24.7 Å². The molecule has 3 atom stereocenters. The summed E-state index contributed by atoms with van der Waals surface area (Å²) in [5, 5.41) is 13.9. The second-order valence-corrected chi connectivity index (χ2v) is 7.45. The lowest BCUT2D eigenvalue weighted by molar-refractivity contribution is 0.136. The summed E-state index contributed by atoms with van der Waals surface area (Å²) in [6.45, 7) is 2.49. The Balaban J connectivity index is 0.00000210. The number of benzene rings is 2. The van der Waals surface area contributed by atoms with E-state index >= 15 is 0 Å². The van der Waals surface area contributed by atoms with Crippen molar-refractivity contribution in [2.75, 3.05) is 6.54 Å². The summed E-state index contributed by atoms with van der Waals surface area (Å²) >= 11 is 0. The number of rotatable bonds is 7. The standard InChI is InChI=1S/C22H28F2N2O.2ClH/c1-2-14-6-7-16-4-3-5-21(19(16)10-14)26-13-22(27)20(25)11-15-8-17(23)12-18(24)9-15;;/h6-10,12,20-22,26-27H,2-5,11,13,25H2,1H3;2*1H/t20-,21-,22+;;/m0../s1. The zero-order valence-electron chi connectivity index (χ0n) is 16.5. The first kappa shape index (κ1) is 25.8. The highest BCUT2D eigenvalue weighted by Crippen LogP contribution is 2.30. The van der Waals surface area contributed by atoms with Crippen LogP contribution >= 0.6 is 24.8 Å². The number of nitrogens with one attached hydrogen (secondary N) is 1. The molecule has 0 bridgehead atoms. The van der Waals surface area contributed by atoms with Crippen LogP contribution in [0.15, 0.2) is 36.4 Å². The molecule has 7 heteroatoms. The fourth-order valence-corrected chi connectivity index (χ4v) is 3.83. The summed E-state index contributed by atoms with van der Waals surface area (Å²) in [6, 6.07) is 9.61. The second kappa shape index (κ2) is 11.8. The second-order valence-electron chi connectivity index (χ2n) is 7.45. The Hall–Kier alpha value is -1.24. The van der Waals surface area contributed by atoms with Crippen LogP contribution in [0, 0.1) is 11.6 Å². The Kier molecular flexibility index (Phi) is 10.5. The highest BCUT2D eigenvalue weighted by Gasteiger charge is 2.23. The summed E-state index contributed by atoms with van der Waals surface area (Å²) in [4.78, 5) is 0. The summed E-state index contributed by atoms with van der Waals surface area (Å²) in [5.74, 6) is -1.26. The number of halogens is 4. The Morgan fingerprint density at radius 2 is 1.79 bits per heavy atom. The monoisotopic (exact) mass is 446 g/mol. The average molecular weight is 447 g/mol. The zero-order chi connectivity index (χ0) is 19.4. The minimum atomic E-state index is -0.795. The lowest BCUT2D eigenvalue weighted by Crippen LogP contribution is -2.44. The van der Waals surface area contributed by atoms with Crippen molar-refractivity contribution in [3.05, 3.63) is 70.3 Å². The van der Waals surface area contributed by atoms with Crippen molar-refractivity contribution in [3.8, 4) is 0 Å². The minimum absolute atomic E-state index is 0. The van der Waals surface area contributed by atoms with Gasteiger partial charge >= 0.3 is 0 Å². The van der Waals surface area contributed by atoms with E-state index < -0.39 is 23.8 Å². The van der Waals surface area contributed by atoms with Crippen LogP contribution in [0.2, 0.25) is 0 Å². The molecule has 0 radical (unpaired) electrons. The van der Waals surface area contributed by atoms with Crippen LogP contribution in [0.4, 0.5) is 8.78 Å². The molecule has 0 fully saturated rings. The Bertz CT molecular complexity index is 771. The Morgan fingerprint density at radius 1 is 1.10 bits per heavy atom. The van der Waals surface area contributed by atoms with Crippen LogP contribution in [0.25, 0.3) is 0 Å². The molecule has 0 heterocycles. The van der Waals surface area contributed by atoms with E-state index in [1.165, 1.54) is 28.8 Å². The van der Waals surface area contributed by atoms with Crippen LogP contribution in [0.3, 0.4) is 0 Å². The molecule has 3 rings (SSSR count). The predicted molar refractivity (Wildman–Crippen MR) is 118 cm³/mol. The molecule has 0 saturated carbocycles. The summed E-state index contributed by atoms with van der Waals surface area (Å²) in [6.07, 6.45) is 3.65. The normalized spacial score (nSPS) is 17.5. The van der Waals surface area contributed by atoms with Gasteiger partial charge in [-0.1, -0.05) is 25.1 Å². The lowest BCUT2D eigenvalue weighted by Gasteiger charge is -2.29. The first-order valence-corrected chi connectivity index (χ1v) is 9.70. The van der Waals surface area contributed by atoms with Crippen LogP contribution < -0.4 is 11.1 Å². The van der Waals surface area contributed by atoms with Gasteiger partial charge in [0.2, 0.25) is 0 Å². The SMILES string of the molecule is CCc1ccc2c(c1)[C@@H](NC[C@@H](O)[C@@H](N)Cc1cc(F)cc(F)c1)CCC2.Cl.Cl. The van der Waals surface area contributed by atoms with Gasteiger partial charge in [-0.15, -0.1) is 24.8 Å². The highest BCUT2D eigenvalue weighted by atomic mass is 35.5. The molecular weight excluding hydrogens is 417 g/mol. The molecule has 162 valence electrons. The molecule has 4 N–H and O–H groups in total. The van der Waals surface area contributed by atoms with Crippen molar-refractivity contribution in [2.45, 2.75) is 57.2 Å². The first-order chi connectivity index (χ1) is 13.0. The van der Waals surface area contributed by atoms with Gasteiger partial charge in [-0.05, 0) is 66.5 Å². The van der Waals surface area contributed by atoms with Crippen molar-refractivity contribution in [2.24, 2.45) is 5.73 Å². The average Bonchev–Trinajstić information content (AvgIpc) is 2.64. The van der Waals surface area contributed by atoms with Gasteiger partial charge in [-0.2, -0.15) is 0 Å². The first-order valence-electron chi connectivity index (χ1n) is 9.70. The van der Waals surface area contributed by atoms with E-state index in [1.54, 1.807) is 0 Å². The molecule has 0 aromatic heterocycles. The molecule has 2 aromatic carbocycles. The van der Waals surface area contributed by atoms with Crippen molar-refractivity contribution >= 4 is 24.8 Å². The molecular formula is C22H30Cl2F2N2O. The summed E-state index contributed by atoms with van der Waals surface area (Å²) in [7, 11) is 0. The third kappa shape index (κ3) is 6.90. The summed E-state index contributed by atoms with van der Waals surface area (Å²) in [5.41, 5.74) is 10.5. The van der Waals surface area contributed by atoms with E-state index in [-0.39, 0.29) is 37.3 Å². The maximum atomic E-state index is 13.3. The quantitative estimate of drug-likeness (QED) is 0.594. The Labute approximate surface area is 183 Å². The minimum Gasteiger partial charge on any atom is -0.390 e. The van der Waals surface area contributed by atoms with Crippen LogP contribution in [-0.4, -0.2) is 23.8 Å². The smallest absolute Gasteiger partial charge is 0.126 e. The number of hydrogen-bond acceptors (Lipinski definition) is 3. The van der Waals surface area contributed by atoms with Crippen LogP contribution in [0.5, 0.6) is 0 Å². The molecule has 0 saturated heterocycles. The van der Waals surface area contributed by atoms with Gasteiger partial charge in [-0.25, -0.2) is 8.78 Å².